The molecule has 93 heavy (non-hydrogen) atoms. The summed E-state index contributed by atoms with van der Waals surface area (Å²) in [5.74, 6) is 0.171. The lowest BCUT2D eigenvalue weighted by atomic mass is 10.0. The van der Waals surface area contributed by atoms with Gasteiger partial charge in [-0.3, -0.25) is 37.3 Å². The van der Waals surface area contributed by atoms with E-state index in [0.29, 0.717) is 31.6 Å². The molecule has 0 heterocycles. The second kappa shape index (κ2) is 64.7. The minimum atomic E-state index is -4.96. The topological polar surface area (TPSA) is 237 Å². The molecule has 0 aromatic rings. The van der Waals surface area contributed by atoms with E-state index in [1.54, 1.807) is 0 Å². The molecular weight excluding hydrogens is 1220 g/mol. The van der Waals surface area contributed by atoms with Gasteiger partial charge in [-0.15, -0.1) is 0 Å². The molecule has 0 bridgehead atoms. The predicted octanol–water partition coefficient (Wildman–Crippen LogP) is 21.4. The number of rotatable bonds is 72. The normalized spacial score (nSPS) is 14.1. The van der Waals surface area contributed by atoms with Gasteiger partial charge in [0.2, 0.25) is 0 Å². The van der Waals surface area contributed by atoms with Gasteiger partial charge in [-0.1, -0.05) is 325 Å². The molecule has 2 unspecified atom stereocenters. The van der Waals surface area contributed by atoms with Crippen molar-refractivity contribution in [1.29, 1.82) is 0 Å². The summed E-state index contributed by atoms with van der Waals surface area (Å²) in [4.78, 5) is 72.6. The lowest BCUT2D eigenvalue weighted by Gasteiger charge is -2.21. The van der Waals surface area contributed by atoms with E-state index in [1.165, 1.54) is 180 Å². The molecule has 0 aromatic heterocycles. The predicted molar refractivity (Wildman–Crippen MR) is 377 cm³/mol. The molecule has 0 saturated heterocycles. The molecule has 17 nitrogen and oxygen atoms in total. The van der Waals surface area contributed by atoms with Crippen LogP contribution in [0.15, 0.2) is 0 Å². The zero-order valence-electron chi connectivity index (χ0n) is 60.7. The summed E-state index contributed by atoms with van der Waals surface area (Å²) in [5, 5.41) is 10.6. The van der Waals surface area contributed by atoms with E-state index in [1.807, 2.05) is 0 Å². The molecule has 0 spiro atoms. The Morgan fingerprint density at radius 2 is 0.495 bits per heavy atom. The van der Waals surface area contributed by atoms with Crippen LogP contribution in [0, 0.1) is 17.8 Å². The number of carbonyl (C=O) groups excluding carboxylic acids is 4. The average Bonchev–Trinajstić information content (AvgIpc) is 2.82. The van der Waals surface area contributed by atoms with Crippen LogP contribution in [0.4, 0.5) is 0 Å². The summed E-state index contributed by atoms with van der Waals surface area (Å²) in [6.45, 7) is 11.8. The second-order valence-electron chi connectivity index (χ2n) is 28.1. The lowest BCUT2D eigenvalue weighted by Crippen LogP contribution is -2.30. The van der Waals surface area contributed by atoms with Gasteiger partial charge in [-0.25, -0.2) is 9.13 Å². The number of esters is 4. The number of hydrogen-bond donors (Lipinski definition) is 3. The Morgan fingerprint density at radius 3 is 0.731 bits per heavy atom. The minimum Gasteiger partial charge on any atom is -0.462 e. The maximum absolute atomic E-state index is 13.1. The van der Waals surface area contributed by atoms with Gasteiger partial charge in [0.15, 0.2) is 12.2 Å². The SMILES string of the molecule is CCCCCCCCCCC(=O)OC[C@H](COP(=O)(O)OC[C@H](O)COP(=O)(O)OC[C@@H](COC(=O)CCCCCCCCCCCCCCCC(C)C)OC(=O)CCCCCCCCCCCCCCCCCCC(C)C)OC(=O)CCCCCCCCCC(C)C. The van der Waals surface area contributed by atoms with Crippen molar-refractivity contribution in [1.82, 2.24) is 0 Å². The number of phosphoric ester groups is 2. The molecular formula is C74H144O17P2. The molecule has 0 aromatic carbocycles. The molecule has 0 radical (unpaired) electrons. The fraction of sp³-hybridized carbons (Fsp3) is 0.946. The number of aliphatic hydroxyl groups is 1. The highest BCUT2D eigenvalue weighted by molar-refractivity contribution is 7.47. The Bertz CT molecular complexity index is 1820. The van der Waals surface area contributed by atoms with Crippen molar-refractivity contribution < 1.29 is 80.2 Å². The highest BCUT2D eigenvalue weighted by Gasteiger charge is 2.30. The third-order valence-corrected chi connectivity index (χ3v) is 19.0. The first-order valence-corrected chi connectivity index (χ1v) is 41.3. The van der Waals surface area contributed by atoms with Crippen LogP contribution in [-0.4, -0.2) is 96.7 Å². The molecule has 0 aliphatic heterocycles. The van der Waals surface area contributed by atoms with Crippen molar-refractivity contribution in [2.75, 3.05) is 39.6 Å². The zero-order chi connectivity index (χ0) is 68.7. The van der Waals surface area contributed by atoms with Gasteiger partial charge in [-0.05, 0) is 43.4 Å². The van der Waals surface area contributed by atoms with Gasteiger partial charge in [0, 0.05) is 25.7 Å². The summed E-state index contributed by atoms with van der Waals surface area (Å²) in [5.41, 5.74) is 0. The van der Waals surface area contributed by atoms with E-state index in [-0.39, 0.29) is 25.7 Å². The summed E-state index contributed by atoms with van der Waals surface area (Å²) in [7, 11) is -9.90. The van der Waals surface area contributed by atoms with Gasteiger partial charge in [0.05, 0.1) is 26.4 Å². The van der Waals surface area contributed by atoms with Crippen molar-refractivity contribution >= 4 is 39.5 Å². The molecule has 0 aliphatic carbocycles. The van der Waals surface area contributed by atoms with Crippen LogP contribution >= 0.6 is 15.6 Å². The number of carbonyl (C=O) groups is 4. The van der Waals surface area contributed by atoms with Gasteiger partial charge in [-0.2, -0.15) is 0 Å². The Balaban J connectivity index is 5.20. The molecule has 0 rings (SSSR count). The molecule has 0 aliphatic rings. The number of hydrogen-bond acceptors (Lipinski definition) is 15. The van der Waals surface area contributed by atoms with Crippen LogP contribution in [0.1, 0.15) is 376 Å². The van der Waals surface area contributed by atoms with Crippen LogP contribution < -0.4 is 0 Å². The quantitative estimate of drug-likeness (QED) is 0.0222. The maximum atomic E-state index is 13.1. The first-order valence-electron chi connectivity index (χ1n) is 38.3. The van der Waals surface area contributed by atoms with Crippen LogP contribution in [-0.2, 0) is 65.4 Å². The molecule has 0 fully saturated rings. The molecule has 5 atom stereocenters. The molecule has 552 valence electrons. The first-order chi connectivity index (χ1) is 44.7. The van der Waals surface area contributed by atoms with Crippen LogP contribution in [0.2, 0.25) is 0 Å². The van der Waals surface area contributed by atoms with E-state index < -0.39 is 97.5 Å². The summed E-state index contributed by atoms with van der Waals surface area (Å²) in [6, 6.07) is 0. The minimum absolute atomic E-state index is 0.103. The number of aliphatic hydroxyl groups excluding tert-OH is 1. The van der Waals surface area contributed by atoms with Gasteiger partial charge >= 0.3 is 39.5 Å². The molecule has 0 saturated carbocycles. The smallest absolute Gasteiger partial charge is 0.462 e. The van der Waals surface area contributed by atoms with Crippen molar-refractivity contribution in [3.05, 3.63) is 0 Å². The first kappa shape index (κ1) is 91.1. The van der Waals surface area contributed by atoms with Crippen LogP contribution in [0.3, 0.4) is 0 Å². The molecule has 3 N–H and O–H groups in total. The standard InChI is InChI=1S/C74H144O17P2/c1-8-9-10-11-12-34-41-48-55-71(76)84-61-70(91-74(79)58-51-44-37-30-33-40-47-54-67(6)7)64-89-93(82,83)87-60-68(75)59-86-92(80,81)88-63-69(62-85-72(77)56-49-42-35-28-24-21-17-19-23-27-32-39-46-53-66(4)5)90-73(78)57-50-43-36-29-25-20-16-14-13-15-18-22-26-31-38-45-52-65(2)3/h65-70,75H,8-64H2,1-7H3,(H,80,81)(H,82,83)/t68-,69-,70-/m1/s1. The van der Waals surface area contributed by atoms with Gasteiger partial charge < -0.3 is 33.8 Å². The maximum Gasteiger partial charge on any atom is 0.472 e. The monoisotopic (exact) mass is 1370 g/mol. The highest BCUT2D eigenvalue weighted by Crippen LogP contribution is 2.45. The highest BCUT2D eigenvalue weighted by atomic mass is 31.2. The Kier molecular flexibility index (Phi) is 63.4. The zero-order valence-corrected chi connectivity index (χ0v) is 62.5. The van der Waals surface area contributed by atoms with E-state index in [4.69, 9.17) is 37.0 Å². The Morgan fingerprint density at radius 1 is 0.290 bits per heavy atom. The van der Waals surface area contributed by atoms with Crippen molar-refractivity contribution in [2.24, 2.45) is 17.8 Å². The Labute approximate surface area is 568 Å². The van der Waals surface area contributed by atoms with Crippen LogP contribution in [0.5, 0.6) is 0 Å². The number of unbranched alkanes of at least 4 members (excludes halogenated alkanes) is 40. The summed E-state index contributed by atoms with van der Waals surface area (Å²) in [6.07, 6.45) is 50.2. The van der Waals surface area contributed by atoms with E-state index in [0.717, 1.165) is 108 Å². The van der Waals surface area contributed by atoms with Crippen LogP contribution in [0.25, 0.3) is 0 Å². The van der Waals surface area contributed by atoms with Gasteiger partial charge in [0.1, 0.15) is 19.3 Å². The van der Waals surface area contributed by atoms with Crippen molar-refractivity contribution in [3.63, 3.8) is 0 Å². The third-order valence-electron chi connectivity index (χ3n) is 17.1. The summed E-state index contributed by atoms with van der Waals surface area (Å²) < 4.78 is 68.3. The van der Waals surface area contributed by atoms with E-state index in [2.05, 4.69) is 48.5 Å². The van der Waals surface area contributed by atoms with Gasteiger partial charge in [0.25, 0.3) is 0 Å². The third kappa shape index (κ3) is 68.4. The van der Waals surface area contributed by atoms with E-state index >= 15 is 0 Å². The second-order valence-corrected chi connectivity index (χ2v) is 31.0. The Hall–Kier alpha value is -1.94. The lowest BCUT2D eigenvalue weighted by molar-refractivity contribution is -0.161. The van der Waals surface area contributed by atoms with Crippen molar-refractivity contribution in [3.8, 4) is 0 Å². The summed E-state index contributed by atoms with van der Waals surface area (Å²) >= 11 is 0. The van der Waals surface area contributed by atoms with Crippen molar-refractivity contribution in [2.45, 2.75) is 394 Å². The fourth-order valence-corrected chi connectivity index (χ4v) is 12.8. The molecule has 0 amide bonds. The van der Waals surface area contributed by atoms with E-state index in [9.17, 15) is 43.2 Å². The number of phosphoric acid groups is 2. The molecule has 19 heteroatoms. The number of ether oxygens (including phenoxy) is 4. The average molecular weight is 1370 g/mol. The largest absolute Gasteiger partial charge is 0.472 e. The fourth-order valence-electron chi connectivity index (χ4n) is 11.2.